The van der Waals surface area contributed by atoms with Gasteiger partial charge in [0.15, 0.2) is 0 Å². The van der Waals surface area contributed by atoms with Crippen molar-refractivity contribution in [3.63, 3.8) is 0 Å². The first-order valence-electron chi connectivity index (χ1n) is 6.55. The minimum atomic E-state index is -0.0460. The molecule has 0 aliphatic heterocycles. The second-order valence-electron chi connectivity index (χ2n) is 5.07. The summed E-state index contributed by atoms with van der Waals surface area (Å²) in [7, 11) is 0. The fraction of sp³-hybridized carbons (Fsp3) is 0.250. The van der Waals surface area contributed by atoms with Gasteiger partial charge in [-0.05, 0) is 47.4 Å². The number of halogens is 1. The van der Waals surface area contributed by atoms with Gasteiger partial charge in [-0.25, -0.2) is 0 Å². The summed E-state index contributed by atoms with van der Waals surface area (Å²) in [6.07, 6.45) is 3.49. The Labute approximate surface area is 127 Å². The number of carbonyl (C=O) groups excluding carboxylic acids is 1. The zero-order valence-corrected chi connectivity index (χ0v) is 13.1. The second-order valence-corrected chi connectivity index (χ2v) is 5.98. The molecule has 2 aromatic rings. The molecule has 0 fully saturated rings. The lowest BCUT2D eigenvalue weighted by atomic mass is 10.0. The molecule has 0 bridgehead atoms. The fourth-order valence-electron chi connectivity index (χ4n) is 1.83. The standard InChI is InChI=1S/C16H17BrN2O/c1-11(2)10-19-16(20)14-7-13(8-15(17)9-14)12-3-5-18-6-4-12/h3-9,11H,10H2,1-2H3,(H,19,20). The molecule has 3 nitrogen and oxygen atoms in total. The van der Waals surface area contributed by atoms with Crippen molar-refractivity contribution >= 4 is 21.8 Å². The van der Waals surface area contributed by atoms with Gasteiger partial charge in [0.25, 0.3) is 5.91 Å². The van der Waals surface area contributed by atoms with Crippen molar-refractivity contribution in [2.75, 3.05) is 6.54 Å². The van der Waals surface area contributed by atoms with Gasteiger partial charge in [-0.15, -0.1) is 0 Å². The summed E-state index contributed by atoms with van der Waals surface area (Å²) < 4.78 is 0.890. The maximum Gasteiger partial charge on any atom is 0.251 e. The quantitative estimate of drug-likeness (QED) is 0.922. The Morgan fingerprint density at radius 1 is 1.20 bits per heavy atom. The molecule has 0 aliphatic rings. The lowest BCUT2D eigenvalue weighted by Gasteiger charge is -2.10. The van der Waals surface area contributed by atoms with E-state index in [1.807, 2.05) is 30.3 Å². The van der Waals surface area contributed by atoms with Crippen molar-refractivity contribution in [3.8, 4) is 11.1 Å². The molecule has 1 aromatic heterocycles. The third-order valence-electron chi connectivity index (χ3n) is 2.84. The molecule has 1 aromatic carbocycles. The van der Waals surface area contributed by atoms with Crippen LogP contribution in [0.5, 0.6) is 0 Å². The number of hydrogen-bond donors (Lipinski definition) is 1. The normalized spacial score (nSPS) is 10.6. The van der Waals surface area contributed by atoms with Crippen molar-refractivity contribution in [3.05, 3.63) is 52.8 Å². The molecular weight excluding hydrogens is 316 g/mol. The van der Waals surface area contributed by atoms with Gasteiger partial charge in [0.05, 0.1) is 0 Å². The minimum absolute atomic E-state index is 0.0460. The zero-order valence-electron chi connectivity index (χ0n) is 11.6. The van der Waals surface area contributed by atoms with Crippen LogP contribution in [0.2, 0.25) is 0 Å². The number of carbonyl (C=O) groups is 1. The summed E-state index contributed by atoms with van der Waals surface area (Å²) in [6, 6.07) is 9.58. The highest BCUT2D eigenvalue weighted by Gasteiger charge is 2.09. The minimum Gasteiger partial charge on any atom is -0.352 e. The predicted molar refractivity (Wildman–Crippen MR) is 84.5 cm³/mol. The van der Waals surface area contributed by atoms with Crippen LogP contribution in [0.3, 0.4) is 0 Å². The maximum absolute atomic E-state index is 12.1. The predicted octanol–water partition coefficient (Wildman–Crippen LogP) is 3.90. The van der Waals surface area contributed by atoms with Crippen molar-refractivity contribution in [2.24, 2.45) is 5.92 Å². The fourth-order valence-corrected chi connectivity index (χ4v) is 2.32. The topological polar surface area (TPSA) is 42.0 Å². The van der Waals surface area contributed by atoms with Gasteiger partial charge in [0, 0.05) is 29.0 Å². The Kier molecular flexibility index (Phi) is 4.90. The van der Waals surface area contributed by atoms with E-state index in [1.165, 1.54) is 0 Å². The Morgan fingerprint density at radius 2 is 1.90 bits per heavy atom. The molecule has 20 heavy (non-hydrogen) atoms. The van der Waals surface area contributed by atoms with Crippen molar-refractivity contribution in [1.82, 2.24) is 10.3 Å². The molecule has 2 rings (SSSR count). The number of nitrogens with zero attached hydrogens (tertiary/aromatic N) is 1. The van der Waals surface area contributed by atoms with Crippen molar-refractivity contribution in [2.45, 2.75) is 13.8 Å². The first-order valence-corrected chi connectivity index (χ1v) is 7.35. The van der Waals surface area contributed by atoms with Gasteiger partial charge in [0.1, 0.15) is 0 Å². The average Bonchev–Trinajstić information content (AvgIpc) is 2.45. The second kappa shape index (κ2) is 6.66. The summed E-state index contributed by atoms with van der Waals surface area (Å²) >= 11 is 3.46. The van der Waals surface area contributed by atoms with Crippen LogP contribution < -0.4 is 5.32 Å². The van der Waals surface area contributed by atoms with E-state index in [4.69, 9.17) is 0 Å². The van der Waals surface area contributed by atoms with Gasteiger partial charge in [-0.2, -0.15) is 0 Å². The highest BCUT2D eigenvalue weighted by Crippen LogP contribution is 2.24. The van der Waals surface area contributed by atoms with Crippen LogP contribution in [0, 0.1) is 5.92 Å². The summed E-state index contributed by atoms with van der Waals surface area (Å²) in [5, 5.41) is 2.93. The summed E-state index contributed by atoms with van der Waals surface area (Å²) in [5.74, 6) is 0.390. The van der Waals surface area contributed by atoms with Crippen LogP contribution >= 0.6 is 15.9 Å². The molecule has 4 heteroatoms. The summed E-state index contributed by atoms with van der Waals surface area (Å²) in [4.78, 5) is 16.1. The Hall–Kier alpha value is -1.68. The smallest absolute Gasteiger partial charge is 0.251 e. The third-order valence-corrected chi connectivity index (χ3v) is 3.30. The average molecular weight is 333 g/mol. The summed E-state index contributed by atoms with van der Waals surface area (Å²) in [5.41, 5.74) is 2.70. The lowest BCUT2D eigenvalue weighted by molar-refractivity contribution is 0.0949. The van der Waals surface area contributed by atoms with Crippen molar-refractivity contribution < 1.29 is 4.79 Å². The molecule has 1 amide bonds. The number of hydrogen-bond acceptors (Lipinski definition) is 2. The SMILES string of the molecule is CC(C)CNC(=O)c1cc(Br)cc(-c2ccncc2)c1. The van der Waals surface area contributed by atoms with E-state index in [9.17, 15) is 4.79 Å². The molecule has 0 aliphatic carbocycles. The first kappa shape index (κ1) is 14.7. The largest absolute Gasteiger partial charge is 0.352 e. The number of pyridine rings is 1. The van der Waals surface area contributed by atoms with Crippen LogP contribution in [-0.4, -0.2) is 17.4 Å². The van der Waals surface area contributed by atoms with E-state index in [0.717, 1.165) is 15.6 Å². The van der Waals surface area contributed by atoms with E-state index in [0.29, 0.717) is 18.0 Å². The Bertz CT molecular complexity index is 597. The molecular formula is C16H17BrN2O. The summed E-state index contributed by atoms with van der Waals surface area (Å²) in [6.45, 7) is 4.82. The van der Waals surface area contributed by atoms with Crippen LogP contribution in [0.1, 0.15) is 24.2 Å². The van der Waals surface area contributed by atoms with Crippen LogP contribution in [0.4, 0.5) is 0 Å². The third kappa shape index (κ3) is 3.90. The molecule has 1 heterocycles. The van der Waals surface area contributed by atoms with E-state index in [2.05, 4.69) is 40.1 Å². The van der Waals surface area contributed by atoms with Gasteiger partial charge >= 0.3 is 0 Å². The van der Waals surface area contributed by atoms with Gasteiger partial charge in [0.2, 0.25) is 0 Å². The van der Waals surface area contributed by atoms with Crippen molar-refractivity contribution in [1.29, 1.82) is 0 Å². The monoisotopic (exact) mass is 332 g/mol. The number of benzene rings is 1. The van der Waals surface area contributed by atoms with E-state index in [1.54, 1.807) is 12.4 Å². The number of amides is 1. The van der Waals surface area contributed by atoms with Gasteiger partial charge < -0.3 is 5.32 Å². The first-order chi connectivity index (χ1) is 9.56. The van der Waals surface area contributed by atoms with E-state index < -0.39 is 0 Å². The number of rotatable bonds is 4. The Morgan fingerprint density at radius 3 is 2.55 bits per heavy atom. The van der Waals surface area contributed by atoms with Gasteiger partial charge in [-0.1, -0.05) is 29.8 Å². The van der Waals surface area contributed by atoms with Crippen LogP contribution in [-0.2, 0) is 0 Å². The molecule has 0 unspecified atom stereocenters. The molecule has 104 valence electrons. The molecule has 0 saturated heterocycles. The highest BCUT2D eigenvalue weighted by atomic mass is 79.9. The maximum atomic E-state index is 12.1. The molecule has 0 spiro atoms. The highest BCUT2D eigenvalue weighted by molar-refractivity contribution is 9.10. The van der Waals surface area contributed by atoms with Crippen LogP contribution in [0.15, 0.2) is 47.2 Å². The number of aromatic nitrogens is 1. The van der Waals surface area contributed by atoms with Gasteiger partial charge in [-0.3, -0.25) is 9.78 Å². The van der Waals surface area contributed by atoms with E-state index >= 15 is 0 Å². The molecule has 0 atom stereocenters. The Balaban J connectivity index is 2.27. The molecule has 0 radical (unpaired) electrons. The van der Waals surface area contributed by atoms with E-state index in [-0.39, 0.29) is 5.91 Å². The van der Waals surface area contributed by atoms with Crippen LogP contribution in [0.25, 0.3) is 11.1 Å². The number of nitrogens with one attached hydrogen (secondary N) is 1. The molecule has 0 saturated carbocycles. The molecule has 1 N–H and O–H groups in total. The zero-order chi connectivity index (χ0) is 14.5. The lowest BCUT2D eigenvalue weighted by Crippen LogP contribution is -2.27.